The van der Waals surface area contributed by atoms with E-state index in [4.69, 9.17) is 0 Å². The third kappa shape index (κ3) is 5.30. The van der Waals surface area contributed by atoms with E-state index in [0.717, 1.165) is 58.8 Å². The van der Waals surface area contributed by atoms with Gasteiger partial charge in [-0.2, -0.15) is 0 Å². The van der Waals surface area contributed by atoms with Gasteiger partial charge in [-0.3, -0.25) is 0 Å². The molecule has 3 aliphatic heterocycles. The minimum Gasteiger partial charge on any atom is -0.317 e. The van der Waals surface area contributed by atoms with Gasteiger partial charge in [0.15, 0.2) is 0 Å². The van der Waals surface area contributed by atoms with Crippen molar-refractivity contribution in [2.45, 2.75) is 49.3 Å². The Kier molecular flexibility index (Phi) is 10.2. The van der Waals surface area contributed by atoms with E-state index in [2.05, 4.69) is 196 Å². The lowest BCUT2D eigenvalue weighted by Crippen LogP contribution is -2.29. The Hall–Kier alpha value is -3.88. The molecule has 9 rings (SSSR count). The van der Waals surface area contributed by atoms with Crippen molar-refractivity contribution in [3.05, 3.63) is 215 Å². The van der Waals surface area contributed by atoms with Crippen LogP contribution in [-0.4, -0.2) is 12.3 Å². The lowest BCUT2D eigenvalue weighted by atomic mass is 9.93. The lowest BCUT2D eigenvalue weighted by molar-refractivity contribution is 0.576. The van der Waals surface area contributed by atoms with Gasteiger partial charge >= 0.3 is 0 Å². The van der Waals surface area contributed by atoms with Crippen LogP contribution < -0.4 is 0 Å². The molecule has 6 unspecified atom stereocenters. The topological polar surface area (TPSA) is 34.1 Å². The molecule has 1 fully saturated rings. The van der Waals surface area contributed by atoms with E-state index in [1.165, 1.54) is 22.0 Å². The second-order valence-electron chi connectivity index (χ2n) is 15.2. The summed E-state index contributed by atoms with van der Waals surface area (Å²) in [6.45, 7) is -2.27. The Morgan fingerprint density at radius 3 is 1.38 bits per heavy atom. The normalized spacial score (nSPS) is 27.8. The first-order valence-corrected chi connectivity index (χ1v) is 28.0. The number of rotatable bonds is 12. The minimum atomic E-state index is -3.38. The quantitative estimate of drug-likeness (QED) is 0.115. The monoisotopic (exact) mass is 804 g/mol. The molecule has 0 aliphatic carbocycles. The van der Waals surface area contributed by atoms with Crippen molar-refractivity contribution in [1.29, 1.82) is 0 Å². The Balaban J connectivity index is 1.60. The SMILES string of the molecule is CCCCP1(=O)C(c2ccccc2)=C(c2ccccc2)C2(c3ccccc3)P1C1(c3ccccc3)C(c3ccccc3)=C(c3ccccc3)P2P1(=O)CCCC. The number of fused-ring (bicyclic) bond motifs is 5. The highest BCUT2D eigenvalue weighted by atomic mass is 32.1. The summed E-state index contributed by atoms with van der Waals surface area (Å²) in [5.74, 6) is 0. The van der Waals surface area contributed by atoms with E-state index in [0.29, 0.717) is 12.3 Å². The zero-order valence-corrected chi connectivity index (χ0v) is 35.7. The van der Waals surface area contributed by atoms with Gasteiger partial charge in [-0.1, -0.05) is 209 Å². The van der Waals surface area contributed by atoms with Crippen molar-refractivity contribution >= 4 is 50.7 Å². The van der Waals surface area contributed by atoms with Crippen LogP contribution in [0.3, 0.4) is 0 Å². The van der Waals surface area contributed by atoms with E-state index >= 15 is 9.13 Å². The standard InChI is InChI=1S/C50H48O2P4/c1-3-5-37-55(51)48(42-31-19-10-20-32-42)46(40-27-15-8-16-28-40)49(43-33-21-11-22-34-43)53-47(41-29-17-9-18-30-41)45(39-25-13-7-14-26-39)50(54(49)55,44-35-23-12-24-36-44)56(53,52)38-6-4-2/h7-36H,3-6,37-38H2,1-2H3. The molecule has 6 aromatic rings. The maximum atomic E-state index is 18.0. The number of hydrogen-bond acceptors (Lipinski definition) is 2. The fourth-order valence-electron chi connectivity index (χ4n) is 9.95. The first-order valence-electron chi connectivity index (χ1n) is 20.1. The van der Waals surface area contributed by atoms with E-state index in [1.54, 1.807) is 0 Å². The highest BCUT2D eigenvalue weighted by molar-refractivity contribution is 8.56. The molecule has 0 radical (unpaired) electrons. The van der Waals surface area contributed by atoms with Crippen LogP contribution in [0.2, 0.25) is 0 Å². The number of allylic oxidation sites excluding steroid dienone is 2. The van der Waals surface area contributed by atoms with Crippen molar-refractivity contribution in [1.82, 2.24) is 0 Å². The molecule has 3 heterocycles. The van der Waals surface area contributed by atoms with Crippen LogP contribution in [0.5, 0.6) is 0 Å². The molecule has 0 spiro atoms. The molecular weight excluding hydrogens is 756 g/mol. The molecule has 56 heavy (non-hydrogen) atoms. The fourth-order valence-corrected chi connectivity index (χ4v) is 47.4. The molecule has 0 amide bonds. The van der Waals surface area contributed by atoms with E-state index in [9.17, 15) is 0 Å². The molecule has 280 valence electrons. The summed E-state index contributed by atoms with van der Waals surface area (Å²) in [6, 6.07) is 65.1. The number of unbranched alkanes of at least 4 members (excludes halogenated alkanes) is 2. The Morgan fingerprint density at radius 2 is 0.875 bits per heavy atom. The van der Waals surface area contributed by atoms with Gasteiger partial charge in [0.1, 0.15) is 18.6 Å². The molecule has 0 aromatic heterocycles. The van der Waals surface area contributed by atoms with Crippen molar-refractivity contribution < 1.29 is 9.13 Å². The number of benzene rings is 6. The van der Waals surface area contributed by atoms with Crippen molar-refractivity contribution in [2.24, 2.45) is 0 Å². The zero-order chi connectivity index (χ0) is 38.4. The molecule has 2 bridgehead atoms. The highest BCUT2D eigenvalue weighted by Gasteiger charge is 2.86. The highest BCUT2D eigenvalue weighted by Crippen LogP contribution is 3.24. The maximum absolute atomic E-state index is 18.0. The summed E-state index contributed by atoms with van der Waals surface area (Å²) < 4.78 is 35.9. The van der Waals surface area contributed by atoms with Crippen molar-refractivity contribution in [2.75, 3.05) is 12.3 Å². The maximum Gasteiger partial charge on any atom is 0.139 e. The third-order valence-corrected chi connectivity index (χ3v) is 36.5. The van der Waals surface area contributed by atoms with Crippen LogP contribution in [0.25, 0.3) is 21.8 Å². The van der Waals surface area contributed by atoms with Gasteiger partial charge in [-0.15, -0.1) is 0 Å². The van der Waals surface area contributed by atoms with Crippen LogP contribution in [-0.2, 0) is 18.9 Å². The number of hydrogen-bond donors (Lipinski definition) is 0. The van der Waals surface area contributed by atoms with Gasteiger partial charge in [0.2, 0.25) is 0 Å². The molecule has 6 heteroatoms. The van der Waals surface area contributed by atoms with Gasteiger partial charge in [0.05, 0.1) is 4.90 Å². The first-order chi connectivity index (χ1) is 27.5. The van der Waals surface area contributed by atoms with Gasteiger partial charge in [0, 0.05) is 32.9 Å². The van der Waals surface area contributed by atoms with E-state index < -0.39 is 38.7 Å². The molecule has 3 aliphatic rings. The predicted molar refractivity (Wildman–Crippen MR) is 244 cm³/mol. The lowest BCUT2D eigenvalue weighted by Gasteiger charge is -2.48. The van der Waals surface area contributed by atoms with Crippen LogP contribution >= 0.6 is 28.9 Å². The molecule has 0 saturated carbocycles. The second kappa shape index (κ2) is 15.1. The van der Waals surface area contributed by atoms with Gasteiger partial charge < -0.3 is 9.13 Å². The summed E-state index contributed by atoms with van der Waals surface area (Å²) >= 11 is 0. The van der Waals surface area contributed by atoms with Gasteiger partial charge in [0.25, 0.3) is 0 Å². The molecule has 0 N–H and O–H groups in total. The van der Waals surface area contributed by atoms with Gasteiger partial charge in [-0.05, 0) is 62.7 Å². The summed E-state index contributed by atoms with van der Waals surface area (Å²) in [5.41, 5.74) is 9.00. The van der Waals surface area contributed by atoms with Crippen LogP contribution in [0.15, 0.2) is 182 Å². The molecular formula is C50H48O2P4. The summed E-state index contributed by atoms with van der Waals surface area (Å²) in [6.07, 6.45) is 4.81. The molecule has 2 nitrogen and oxygen atoms in total. The van der Waals surface area contributed by atoms with Gasteiger partial charge in [-0.25, -0.2) is 0 Å². The van der Waals surface area contributed by atoms with Crippen LogP contribution in [0.1, 0.15) is 72.9 Å². The average Bonchev–Trinajstić information content (AvgIpc) is 3.74. The Bertz CT molecular complexity index is 2500. The van der Waals surface area contributed by atoms with Crippen LogP contribution in [0, 0.1) is 0 Å². The third-order valence-electron chi connectivity index (χ3n) is 12.0. The fraction of sp³-hybridized carbons (Fsp3) is 0.200. The van der Waals surface area contributed by atoms with E-state index in [1.807, 2.05) is 0 Å². The second-order valence-corrected chi connectivity index (χ2v) is 30.7. The van der Waals surface area contributed by atoms with E-state index in [-0.39, 0.29) is 0 Å². The smallest absolute Gasteiger partial charge is 0.139 e. The van der Waals surface area contributed by atoms with Crippen LogP contribution in [0.4, 0.5) is 0 Å². The summed E-state index contributed by atoms with van der Waals surface area (Å²) in [7, 11) is -3.13. The Labute approximate surface area is 335 Å². The van der Waals surface area contributed by atoms with Crippen molar-refractivity contribution in [3.8, 4) is 0 Å². The molecule has 6 aromatic carbocycles. The summed E-state index contributed by atoms with van der Waals surface area (Å²) in [5, 5.41) is 2.27. The first kappa shape index (κ1) is 37.7. The van der Waals surface area contributed by atoms with Crippen molar-refractivity contribution in [3.63, 3.8) is 0 Å². The molecule has 6 atom stereocenters. The zero-order valence-electron chi connectivity index (χ0n) is 32.2. The Morgan fingerprint density at radius 1 is 0.464 bits per heavy atom. The predicted octanol–water partition coefficient (Wildman–Crippen LogP) is 16.0. The average molecular weight is 805 g/mol. The summed E-state index contributed by atoms with van der Waals surface area (Å²) in [4.78, 5) is -1.70. The molecule has 1 saturated heterocycles. The minimum absolute atomic E-state index is 0.596. The largest absolute Gasteiger partial charge is 0.317 e.